The van der Waals surface area contributed by atoms with Gasteiger partial charge in [-0.25, -0.2) is 9.97 Å². The Kier molecular flexibility index (Phi) is 5.58. The summed E-state index contributed by atoms with van der Waals surface area (Å²) in [4.78, 5) is 10.6. The largest absolute Gasteiger partial charge is 0.278 e. The first kappa shape index (κ1) is 26.2. The Morgan fingerprint density at radius 1 is 0.667 bits per heavy atom. The molecule has 0 spiro atoms. The van der Waals surface area contributed by atoms with Crippen molar-refractivity contribution in [3.63, 3.8) is 0 Å². The highest BCUT2D eigenvalue weighted by Crippen LogP contribution is 2.49. The summed E-state index contributed by atoms with van der Waals surface area (Å²) in [7, 11) is 0. The van der Waals surface area contributed by atoms with Gasteiger partial charge in [0, 0.05) is 27.0 Å². The molecule has 0 saturated heterocycles. The maximum absolute atomic E-state index is 5.38. The first-order valence-corrected chi connectivity index (χ1v) is 15.9. The first-order valence-electron chi connectivity index (χ1n) is 15.9. The van der Waals surface area contributed by atoms with Crippen molar-refractivity contribution in [2.45, 2.75) is 32.6 Å². The van der Waals surface area contributed by atoms with E-state index < -0.39 is 0 Å². The molecule has 0 aliphatic heterocycles. The predicted octanol–water partition coefficient (Wildman–Crippen LogP) is 8.81. The Morgan fingerprint density at radius 3 is 2.22 bits per heavy atom. The van der Waals surface area contributed by atoms with E-state index in [0.717, 1.165) is 34.1 Å². The zero-order chi connectivity index (χ0) is 30.3. The molecular formula is C42H33N3. The van der Waals surface area contributed by atoms with Crippen LogP contribution in [0.15, 0.2) is 115 Å². The van der Waals surface area contributed by atoms with Gasteiger partial charge in [0.15, 0.2) is 0 Å². The summed E-state index contributed by atoms with van der Waals surface area (Å²) in [5, 5.41) is 4.82. The molecule has 216 valence electrons. The van der Waals surface area contributed by atoms with Gasteiger partial charge in [-0.15, -0.1) is 0 Å². The van der Waals surface area contributed by atoms with Crippen molar-refractivity contribution in [2.24, 2.45) is 5.92 Å². The monoisotopic (exact) mass is 579 g/mol. The van der Waals surface area contributed by atoms with Gasteiger partial charge in [0.05, 0.1) is 22.1 Å². The molecule has 1 atom stereocenters. The van der Waals surface area contributed by atoms with E-state index in [1.165, 1.54) is 49.3 Å². The van der Waals surface area contributed by atoms with Crippen LogP contribution in [0.5, 0.6) is 0 Å². The maximum atomic E-state index is 5.38. The third-order valence-electron chi connectivity index (χ3n) is 9.94. The van der Waals surface area contributed by atoms with E-state index in [1.807, 2.05) is 0 Å². The lowest BCUT2D eigenvalue weighted by molar-refractivity contribution is 0.661. The molecule has 1 unspecified atom stereocenters. The van der Waals surface area contributed by atoms with Crippen LogP contribution in [0.1, 0.15) is 38.3 Å². The van der Waals surface area contributed by atoms with Crippen LogP contribution in [0.4, 0.5) is 0 Å². The Hall–Kier alpha value is -5.28. The lowest BCUT2D eigenvalue weighted by atomic mass is 9.82. The maximum Gasteiger partial charge on any atom is 0.235 e. The van der Waals surface area contributed by atoms with Crippen LogP contribution in [0, 0.1) is 5.92 Å². The minimum absolute atomic E-state index is 0.0579. The Labute approximate surface area is 262 Å². The van der Waals surface area contributed by atoms with Gasteiger partial charge in [-0.2, -0.15) is 0 Å². The average Bonchev–Trinajstić information content (AvgIpc) is 3.51. The smallest absolute Gasteiger partial charge is 0.235 e. The van der Waals surface area contributed by atoms with Crippen molar-refractivity contribution < 1.29 is 0 Å². The molecule has 7 aromatic rings. The second-order valence-corrected chi connectivity index (χ2v) is 13.1. The minimum Gasteiger partial charge on any atom is -0.278 e. The highest BCUT2D eigenvalue weighted by atomic mass is 15.2. The second kappa shape index (κ2) is 9.61. The molecule has 2 heterocycles. The average molecular weight is 580 g/mol. The molecule has 45 heavy (non-hydrogen) atoms. The summed E-state index contributed by atoms with van der Waals surface area (Å²) < 4.78 is 2.32. The van der Waals surface area contributed by atoms with E-state index in [9.17, 15) is 0 Å². The SMILES string of the molecule is CC1C=c2c(n(-c3nc(-c4ccc(-c5ccccc5)cc4)c4ccccc4n3)c3cc4c(cc23)C(C)(C)c2ccccc2-4)=CC1. The predicted molar refractivity (Wildman–Crippen MR) is 187 cm³/mol. The van der Waals surface area contributed by atoms with Crippen molar-refractivity contribution >= 4 is 34.0 Å². The summed E-state index contributed by atoms with van der Waals surface area (Å²) in [6, 6.07) is 41.4. The van der Waals surface area contributed by atoms with Gasteiger partial charge in [0.2, 0.25) is 5.95 Å². The van der Waals surface area contributed by atoms with Crippen LogP contribution in [-0.4, -0.2) is 14.5 Å². The van der Waals surface area contributed by atoms with Crippen LogP contribution in [0.25, 0.3) is 73.4 Å². The van der Waals surface area contributed by atoms with Gasteiger partial charge in [-0.1, -0.05) is 130 Å². The fraction of sp³-hybridized carbons (Fsp3) is 0.143. The normalized spacial score (nSPS) is 16.1. The number of fused-ring (bicyclic) bond motifs is 7. The summed E-state index contributed by atoms with van der Waals surface area (Å²) in [6.07, 6.45) is 5.83. The van der Waals surface area contributed by atoms with Crippen LogP contribution < -0.4 is 10.6 Å². The van der Waals surface area contributed by atoms with Gasteiger partial charge in [-0.3, -0.25) is 4.57 Å². The van der Waals surface area contributed by atoms with Crippen molar-refractivity contribution in [3.8, 4) is 39.5 Å². The van der Waals surface area contributed by atoms with Gasteiger partial charge >= 0.3 is 0 Å². The Bertz CT molecular complexity index is 2430. The molecule has 3 nitrogen and oxygen atoms in total. The van der Waals surface area contributed by atoms with E-state index in [0.29, 0.717) is 11.9 Å². The molecule has 0 radical (unpaired) electrons. The fourth-order valence-electron chi connectivity index (χ4n) is 7.60. The lowest BCUT2D eigenvalue weighted by Gasteiger charge is -2.21. The third kappa shape index (κ3) is 3.90. The van der Waals surface area contributed by atoms with E-state index in [-0.39, 0.29) is 5.41 Å². The molecule has 0 N–H and O–H groups in total. The quantitative estimate of drug-likeness (QED) is 0.209. The fourth-order valence-corrected chi connectivity index (χ4v) is 7.60. The highest BCUT2D eigenvalue weighted by Gasteiger charge is 2.36. The van der Waals surface area contributed by atoms with Crippen LogP contribution >= 0.6 is 0 Å². The van der Waals surface area contributed by atoms with Crippen LogP contribution in [0.3, 0.4) is 0 Å². The van der Waals surface area contributed by atoms with Crippen LogP contribution in [-0.2, 0) is 5.41 Å². The number of benzene rings is 5. The van der Waals surface area contributed by atoms with Gasteiger partial charge in [0.1, 0.15) is 0 Å². The van der Waals surface area contributed by atoms with E-state index in [2.05, 4.69) is 153 Å². The van der Waals surface area contributed by atoms with Crippen molar-refractivity contribution in [1.82, 2.24) is 14.5 Å². The van der Waals surface area contributed by atoms with Crippen LogP contribution in [0.2, 0.25) is 0 Å². The molecule has 2 aliphatic carbocycles. The number of aromatic nitrogens is 3. The summed E-state index contributed by atoms with van der Waals surface area (Å²) in [6.45, 7) is 7.01. The Morgan fingerprint density at radius 2 is 1.38 bits per heavy atom. The number of rotatable bonds is 3. The molecule has 0 amide bonds. The van der Waals surface area contributed by atoms with E-state index in [4.69, 9.17) is 9.97 Å². The highest BCUT2D eigenvalue weighted by molar-refractivity contribution is 5.96. The van der Waals surface area contributed by atoms with Crippen molar-refractivity contribution in [1.29, 1.82) is 0 Å². The number of hydrogen-bond acceptors (Lipinski definition) is 2. The summed E-state index contributed by atoms with van der Waals surface area (Å²) >= 11 is 0. The van der Waals surface area contributed by atoms with Gasteiger partial charge in [0.25, 0.3) is 0 Å². The molecule has 0 saturated carbocycles. The molecule has 0 fully saturated rings. The molecule has 0 bridgehead atoms. The van der Waals surface area contributed by atoms with Gasteiger partial charge in [-0.05, 0) is 63.9 Å². The van der Waals surface area contributed by atoms with Gasteiger partial charge < -0.3 is 0 Å². The van der Waals surface area contributed by atoms with E-state index in [1.54, 1.807) is 0 Å². The molecule has 3 heteroatoms. The molecular weight excluding hydrogens is 546 g/mol. The molecule has 2 aromatic heterocycles. The summed E-state index contributed by atoms with van der Waals surface area (Å²) in [5.74, 6) is 1.19. The standard InChI is InChI=1S/C42H33N3/c1-26-17-22-38-33(23-26)34-24-36-32(30-13-7-9-15-35(30)42(36,2)3)25-39(34)45(38)41-43-37-16-10-8-14-31(37)40(44-41)29-20-18-28(19-21-29)27-11-5-4-6-12-27/h4-16,18-26H,17H2,1-3H3. The zero-order valence-corrected chi connectivity index (χ0v) is 25.8. The Balaban J connectivity index is 1.32. The summed E-state index contributed by atoms with van der Waals surface area (Å²) in [5.41, 5.74) is 11.9. The molecule has 5 aromatic carbocycles. The van der Waals surface area contributed by atoms with Crippen molar-refractivity contribution in [3.05, 3.63) is 137 Å². The van der Waals surface area contributed by atoms with Crippen molar-refractivity contribution in [2.75, 3.05) is 0 Å². The molecule has 2 aliphatic rings. The number of nitrogens with zero attached hydrogens (tertiary/aromatic N) is 3. The third-order valence-corrected chi connectivity index (χ3v) is 9.94. The second-order valence-electron chi connectivity index (χ2n) is 13.1. The zero-order valence-electron chi connectivity index (χ0n) is 25.8. The molecule has 9 rings (SSSR count). The minimum atomic E-state index is -0.0579. The topological polar surface area (TPSA) is 30.7 Å². The lowest BCUT2D eigenvalue weighted by Crippen LogP contribution is -2.32. The number of para-hydroxylation sites is 1. The van der Waals surface area contributed by atoms with E-state index >= 15 is 0 Å². The first-order chi connectivity index (χ1) is 22.0. The number of hydrogen-bond donors (Lipinski definition) is 0.